The number of likely N-dealkylation sites (N-methyl/N-ethyl adjacent to an activating group) is 1. The fraction of sp³-hybridized carbons (Fsp3) is 0.783. The van der Waals surface area contributed by atoms with Crippen LogP contribution in [0.3, 0.4) is 0 Å². The Hall–Kier alpha value is -1.47. The normalized spacial score (nSPS) is 19.9. The molecule has 0 saturated carbocycles. The molecule has 1 aliphatic heterocycles. The van der Waals surface area contributed by atoms with Gasteiger partial charge >= 0.3 is 5.97 Å². The molecule has 0 N–H and O–H groups in total. The molecule has 170 valence electrons. The maximum Gasteiger partial charge on any atom is 0.310 e. The van der Waals surface area contributed by atoms with Gasteiger partial charge in [-0.1, -0.05) is 59.0 Å². The van der Waals surface area contributed by atoms with Crippen molar-refractivity contribution in [2.75, 3.05) is 26.7 Å². The summed E-state index contributed by atoms with van der Waals surface area (Å²) in [5.41, 5.74) is 2.02. The maximum absolute atomic E-state index is 12.3. The average Bonchev–Trinajstić information content (AvgIpc) is 3.20. The van der Waals surface area contributed by atoms with Crippen LogP contribution in [-0.2, 0) is 9.53 Å². The SMILES string of the molecule is CCCCCCOc1nsnc1C1=CCC[N+](C)(C(CC)OC(=O)CCCCC)C1. The Morgan fingerprint density at radius 3 is 2.63 bits per heavy atom. The number of rotatable bonds is 14. The number of esters is 1. The topological polar surface area (TPSA) is 61.3 Å². The second-order valence-electron chi connectivity index (χ2n) is 8.52. The van der Waals surface area contributed by atoms with Crippen LogP contribution in [0.15, 0.2) is 6.08 Å². The van der Waals surface area contributed by atoms with Crippen LogP contribution in [0.4, 0.5) is 0 Å². The van der Waals surface area contributed by atoms with Crippen molar-refractivity contribution in [3.63, 3.8) is 0 Å². The van der Waals surface area contributed by atoms with Crippen LogP contribution < -0.4 is 4.74 Å². The molecule has 1 aliphatic rings. The number of hydrogen-bond acceptors (Lipinski definition) is 6. The molecule has 0 aromatic carbocycles. The van der Waals surface area contributed by atoms with Gasteiger partial charge in [-0.05, 0) is 12.8 Å². The smallest absolute Gasteiger partial charge is 0.310 e. The monoisotopic (exact) mass is 438 g/mol. The Balaban J connectivity index is 1.98. The highest BCUT2D eigenvalue weighted by Crippen LogP contribution is 2.32. The summed E-state index contributed by atoms with van der Waals surface area (Å²) in [6.45, 7) is 8.86. The largest absolute Gasteiger partial charge is 0.475 e. The molecule has 1 aromatic rings. The van der Waals surface area contributed by atoms with Gasteiger partial charge < -0.3 is 9.47 Å². The molecule has 0 aliphatic carbocycles. The van der Waals surface area contributed by atoms with Crippen molar-refractivity contribution in [1.29, 1.82) is 0 Å². The van der Waals surface area contributed by atoms with Gasteiger partial charge in [-0.2, -0.15) is 4.37 Å². The van der Waals surface area contributed by atoms with Gasteiger partial charge in [-0.15, -0.1) is 4.37 Å². The summed E-state index contributed by atoms with van der Waals surface area (Å²) >= 11 is 1.21. The van der Waals surface area contributed by atoms with Crippen LogP contribution >= 0.6 is 11.7 Å². The van der Waals surface area contributed by atoms with E-state index >= 15 is 0 Å². The molecule has 2 heterocycles. The van der Waals surface area contributed by atoms with E-state index in [0.717, 1.165) is 62.9 Å². The third kappa shape index (κ3) is 7.34. The zero-order valence-electron chi connectivity index (χ0n) is 19.3. The van der Waals surface area contributed by atoms with E-state index in [-0.39, 0.29) is 12.2 Å². The summed E-state index contributed by atoms with van der Waals surface area (Å²) < 4.78 is 21.5. The van der Waals surface area contributed by atoms with Gasteiger partial charge in [0.05, 0.1) is 31.9 Å². The molecule has 0 spiro atoms. The van der Waals surface area contributed by atoms with Gasteiger partial charge in [0.25, 0.3) is 5.88 Å². The first kappa shape index (κ1) is 24.8. The van der Waals surface area contributed by atoms with E-state index in [1.165, 1.54) is 31.0 Å². The minimum atomic E-state index is -0.132. The fourth-order valence-corrected chi connectivity index (χ4v) is 4.57. The zero-order chi connectivity index (χ0) is 21.8. The second-order valence-corrected chi connectivity index (χ2v) is 9.04. The Bertz CT molecular complexity index is 676. The summed E-state index contributed by atoms with van der Waals surface area (Å²) in [4.78, 5) is 12.3. The van der Waals surface area contributed by atoms with Crippen LogP contribution in [-0.4, -0.2) is 52.2 Å². The van der Waals surface area contributed by atoms with Crippen LogP contribution in [0.25, 0.3) is 5.57 Å². The van der Waals surface area contributed by atoms with E-state index in [1.807, 2.05) is 0 Å². The van der Waals surface area contributed by atoms with Crippen LogP contribution in [0.5, 0.6) is 5.88 Å². The number of carbonyl (C=O) groups is 1. The lowest BCUT2D eigenvalue weighted by molar-refractivity contribution is -0.947. The molecule has 2 atom stereocenters. The van der Waals surface area contributed by atoms with Crippen molar-refractivity contribution >= 4 is 23.3 Å². The van der Waals surface area contributed by atoms with Gasteiger partial charge in [-0.3, -0.25) is 9.28 Å². The van der Waals surface area contributed by atoms with E-state index in [0.29, 0.717) is 23.4 Å². The number of quaternary nitrogens is 1. The van der Waals surface area contributed by atoms with Crippen LogP contribution in [0.1, 0.15) is 90.7 Å². The van der Waals surface area contributed by atoms with E-state index in [2.05, 4.69) is 42.6 Å². The molecule has 30 heavy (non-hydrogen) atoms. The minimum absolute atomic E-state index is 0.0721. The first-order chi connectivity index (χ1) is 14.5. The highest BCUT2D eigenvalue weighted by atomic mass is 32.1. The van der Waals surface area contributed by atoms with Crippen molar-refractivity contribution in [3.05, 3.63) is 11.8 Å². The molecule has 2 unspecified atom stereocenters. The molecular formula is C23H40N3O3S+. The Morgan fingerprint density at radius 2 is 1.90 bits per heavy atom. The van der Waals surface area contributed by atoms with Gasteiger partial charge in [0.1, 0.15) is 12.2 Å². The molecule has 7 heteroatoms. The molecule has 2 rings (SSSR count). The molecular weight excluding hydrogens is 398 g/mol. The standard InChI is InChI=1S/C23H40N3O3S/c1-5-8-10-12-17-28-23-22(24-30-25-23)19-14-13-16-26(4,18-19)20(7-3)29-21(27)15-11-9-6-2/h14,20H,5-13,15-18H2,1-4H3/q+1. The van der Waals surface area contributed by atoms with Crippen molar-refractivity contribution in [2.24, 2.45) is 0 Å². The third-order valence-electron chi connectivity index (χ3n) is 5.86. The van der Waals surface area contributed by atoms with Gasteiger partial charge in [0, 0.05) is 24.8 Å². The second kappa shape index (κ2) is 13.1. The van der Waals surface area contributed by atoms with Gasteiger partial charge in [-0.25, -0.2) is 0 Å². The molecule has 0 saturated heterocycles. The lowest BCUT2D eigenvalue weighted by atomic mass is 10.0. The molecule has 0 bridgehead atoms. The number of nitrogens with zero attached hydrogens (tertiary/aromatic N) is 3. The van der Waals surface area contributed by atoms with E-state index in [4.69, 9.17) is 9.47 Å². The van der Waals surface area contributed by atoms with Crippen molar-refractivity contribution in [2.45, 2.75) is 91.2 Å². The number of hydrogen-bond donors (Lipinski definition) is 0. The number of aromatic nitrogens is 2. The molecule has 0 radical (unpaired) electrons. The Morgan fingerprint density at radius 1 is 1.13 bits per heavy atom. The molecule has 6 nitrogen and oxygen atoms in total. The first-order valence-corrected chi connectivity index (χ1v) is 12.5. The highest BCUT2D eigenvalue weighted by Gasteiger charge is 2.38. The van der Waals surface area contributed by atoms with E-state index in [1.54, 1.807) is 0 Å². The molecule has 0 fully saturated rings. The fourth-order valence-electron chi connectivity index (χ4n) is 4.03. The van der Waals surface area contributed by atoms with Gasteiger partial charge in [0.15, 0.2) is 0 Å². The quantitative estimate of drug-likeness (QED) is 0.215. The summed E-state index contributed by atoms with van der Waals surface area (Å²) in [7, 11) is 2.19. The minimum Gasteiger partial charge on any atom is -0.475 e. The highest BCUT2D eigenvalue weighted by molar-refractivity contribution is 6.99. The average molecular weight is 439 g/mol. The van der Waals surface area contributed by atoms with Crippen LogP contribution in [0, 0.1) is 0 Å². The van der Waals surface area contributed by atoms with Crippen LogP contribution in [0.2, 0.25) is 0 Å². The molecule has 0 amide bonds. The zero-order valence-corrected chi connectivity index (χ0v) is 20.1. The van der Waals surface area contributed by atoms with Crippen molar-refractivity contribution in [1.82, 2.24) is 8.75 Å². The number of unbranched alkanes of at least 4 members (excludes halogenated alkanes) is 5. The third-order valence-corrected chi connectivity index (χ3v) is 6.37. The summed E-state index contributed by atoms with van der Waals surface area (Å²) in [5, 5.41) is 0. The lowest BCUT2D eigenvalue weighted by Crippen LogP contribution is -2.56. The lowest BCUT2D eigenvalue weighted by Gasteiger charge is -2.42. The Labute approximate surface area is 186 Å². The van der Waals surface area contributed by atoms with E-state index < -0.39 is 0 Å². The molecule has 1 aromatic heterocycles. The summed E-state index contributed by atoms with van der Waals surface area (Å²) in [6, 6.07) is 0. The predicted molar refractivity (Wildman–Crippen MR) is 122 cm³/mol. The number of ether oxygens (including phenoxy) is 2. The summed E-state index contributed by atoms with van der Waals surface area (Å²) in [6.07, 6.45) is 12.1. The van der Waals surface area contributed by atoms with Gasteiger partial charge in [0.2, 0.25) is 6.23 Å². The van der Waals surface area contributed by atoms with Crippen molar-refractivity contribution in [3.8, 4) is 5.88 Å². The van der Waals surface area contributed by atoms with Crippen molar-refractivity contribution < 1.29 is 18.8 Å². The predicted octanol–water partition coefficient (Wildman–Crippen LogP) is 5.59. The summed E-state index contributed by atoms with van der Waals surface area (Å²) in [5.74, 6) is 0.581. The number of carbonyl (C=O) groups excluding carboxylic acids is 1. The first-order valence-electron chi connectivity index (χ1n) is 11.7. The maximum atomic E-state index is 12.3. The van der Waals surface area contributed by atoms with E-state index in [9.17, 15) is 4.79 Å². The Kier molecular flexibility index (Phi) is 10.8.